The molecular formula is C19H26BrN3OS. The SMILES string of the molecule is CC(=O)N(c1ccc(Br)c(C)c1)C1CSC(=NC2CCCCC2)N1C. The van der Waals surface area contributed by atoms with Crippen LogP contribution >= 0.6 is 27.7 Å². The minimum absolute atomic E-state index is 0.0189. The molecule has 0 bridgehead atoms. The fourth-order valence-corrected chi connectivity index (χ4v) is 5.04. The summed E-state index contributed by atoms with van der Waals surface area (Å²) in [6.07, 6.45) is 6.34. The molecule has 1 aromatic carbocycles. The van der Waals surface area contributed by atoms with Crippen molar-refractivity contribution in [1.29, 1.82) is 0 Å². The Labute approximate surface area is 163 Å². The number of amidine groups is 1. The van der Waals surface area contributed by atoms with E-state index in [0.717, 1.165) is 26.6 Å². The molecule has 1 aliphatic heterocycles. The lowest BCUT2D eigenvalue weighted by Gasteiger charge is -2.33. The molecular weight excluding hydrogens is 398 g/mol. The summed E-state index contributed by atoms with van der Waals surface area (Å²) in [4.78, 5) is 21.5. The Morgan fingerprint density at radius 2 is 2.04 bits per heavy atom. The largest absolute Gasteiger partial charge is 0.333 e. The third-order valence-corrected chi connectivity index (χ3v) is 7.04. The molecule has 1 saturated heterocycles. The van der Waals surface area contributed by atoms with E-state index in [4.69, 9.17) is 4.99 Å². The van der Waals surface area contributed by atoms with Gasteiger partial charge >= 0.3 is 0 Å². The van der Waals surface area contributed by atoms with Crippen molar-refractivity contribution in [2.75, 3.05) is 17.7 Å². The Morgan fingerprint density at radius 3 is 2.68 bits per heavy atom. The fraction of sp³-hybridized carbons (Fsp3) is 0.579. The molecule has 1 aromatic rings. The summed E-state index contributed by atoms with van der Waals surface area (Å²) < 4.78 is 1.06. The van der Waals surface area contributed by atoms with Crippen LogP contribution in [0.1, 0.15) is 44.6 Å². The molecule has 2 aliphatic rings. The van der Waals surface area contributed by atoms with Crippen molar-refractivity contribution in [3.05, 3.63) is 28.2 Å². The fourth-order valence-electron chi connectivity index (χ4n) is 3.58. The summed E-state index contributed by atoms with van der Waals surface area (Å²) >= 11 is 5.31. The van der Waals surface area contributed by atoms with Crippen LogP contribution in [-0.4, -0.2) is 41.0 Å². The first-order valence-electron chi connectivity index (χ1n) is 8.96. The zero-order valence-electron chi connectivity index (χ0n) is 15.2. The second-order valence-electron chi connectivity index (χ2n) is 6.93. The van der Waals surface area contributed by atoms with Crippen molar-refractivity contribution in [3.8, 4) is 0 Å². The predicted octanol–water partition coefficient (Wildman–Crippen LogP) is 4.80. The number of benzene rings is 1. The molecule has 25 heavy (non-hydrogen) atoms. The van der Waals surface area contributed by atoms with E-state index in [1.807, 2.05) is 17.0 Å². The molecule has 1 unspecified atom stereocenters. The highest BCUT2D eigenvalue weighted by atomic mass is 79.9. The van der Waals surface area contributed by atoms with Gasteiger partial charge in [-0.15, -0.1) is 0 Å². The van der Waals surface area contributed by atoms with Crippen LogP contribution in [0.5, 0.6) is 0 Å². The minimum atomic E-state index is 0.0189. The van der Waals surface area contributed by atoms with Crippen LogP contribution in [0.2, 0.25) is 0 Å². The Bertz CT molecular complexity index is 673. The van der Waals surface area contributed by atoms with Crippen LogP contribution in [-0.2, 0) is 4.79 Å². The zero-order chi connectivity index (χ0) is 18.0. The summed E-state index contributed by atoms with van der Waals surface area (Å²) in [7, 11) is 2.06. The number of hydrogen-bond donors (Lipinski definition) is 0. The van der Waals surface area contributed by atoms with Crippen LogP contribution in [0.4, 0.5) is 5.69 Å². The van der Waals surface area contributed by atoms with Gasteiger partial charge in [0.2, 0.25) is 5.91 Å². The van der Waals surface area contributed by atoms with E-state index in [0.29, 0.717) is 6.04 Å². The van der Waals surface area contributed by atoms with Gasteiger partial charge in [0, 0.05) is 29.9 Å². The molecule has 4 nitrogen and oxygen atoms in total. The van der Waals surface area contributed by atoms with Gasteiger partial charge in [-0.2, -0.15) is 0 Å². The van der Waals surface area contributed by atoms with Crippen LogP contribution in [0, 0.1) is 6.92 Å². The highest BCUT2D eigenvalue weighted by molar-refractivity contribution is 9.10. The second kappa shape index (κ2) is 8.12. The lowest BCUT2D eigenvalue weighted by molar-refractivity contribution is -0.117. The lowest BCUT2D eigenvalue weighted by Crippen LogP contribution is -2.48. The van der Waals surface area contributed by atoms with Gasteiger partial charge < -0.3 is 4.90 Å². The highest BCUT2D eigenvalue weighted by Crippen LogP contribution is 2.32. The molecule has 1 saturated carbocycles. The average molecular weight is 424 g/mol. The first kappa shape index (κ1) is 18.8. The number of carbonyl (C=O) groups is 1. The maximum Gasteiger partial charge on any atom is 0.225 e. The summed E-state index contributed by atoms with van der Waals surface area (Å²) in [6, 6.07) is 6.55. The number of aryl methyl sites for hydroxylation is 1. The summed E-state index contributed by atoms with van der Waals surface area (Å²) in [5.74, 6) is 0.926. The first-order chi connectivity index (χ1) is 12.0. The Hall–Kier alpha value is -1.01. The molecule has 0 aromatic heterocycles. The maximum atomic E-state index is 12.4. The van der Waals surface area contributed by atoms with E-state index in [-0.39, 0.29) is 12.1 Å². The van der Waals surface area contributed by atoms with Gasteiger partial charge in [-0.1, -0.05) is 47.0 Å². The van der Waals surface area contributed by atoms with E-state index >= 15 is 0 Å². The molecule has 3 rings (SSSR count). The van der Waals surface area contributed by atoms with Crippen LogP contribution in [0.25, 0.3) is 0 Å². The molecule has 0 spiro atoms. The minimum Gasteiger partial charge on any atom is -0.333 e. The molecule has 0 radical (unpaired) electrons. The molecule has 1 amide bonds. The molecule has 1 aliphatic carbocycles. The summed E-state index contributed by atoms with van der Waals surface area (Å²) in [5.41, 5.74) is 2.08. The quantitative estimate of drug-likeness (QED) is 0.699. The Kier molecular flexibility index (Phi) is 6.10. The monoisotopic (exact) mass is 423 g/mol. The number of halogens is 1. The van der Waals surface area contributed by atoms with E-state index in [1.165, 1.54) is 32.1 Å². The average Bonchev–Trinajstić information content (AvgIpc) is 2.93. The van der Waals surface area contributed by atoms with E-state index in [1.54, 1.807) is 18.7 Å². The summed E-state index contributed by atoms with van der Waals surface area (Å²) in [5, 5.41) is 1.08. The molecule has 1 heterocycles. The van der Waals surface area contributed by atoms with Crippen LogP contribution in [0.15, 0.2) is 27.7 Å². The highest BCUT2D eigenvalue weighted by Gasteiger charge is 2.35. The van der Waals surface area contributed by atoms with Gasteiger partial charge in [0.1, 0.15) is 6.17 Å². The molecule has 6 heteroatoms. The van der Waals surface area contributed by atoms with E-state index in [2.05, 4.69) is 40.9 Å². The van der Waals surface area contributed by atoms with Gasteiger partial charge in [0.15, 0.2) is 5.17 Å². The smallest absolute Gasteiger partial charge is 0.225 e. The van der Waals surface area contributed by atoms with Gasteiger partial charge in [-0.05, 0) is 43.5 Å². The number of aliphatic imine (C=N–C) groups is 1. The van der Waals surface area contributed by atoms with E-state index in [9.17, 15) is 4.79 Å². The van der Waals surface area contributed by atoms with Crippen molar-refractivity contribution in [1.82, 2.24) is 4.90 Å². The van der Waals surface area contributed by atoms with Gasteiger partial charge in [0.25, 0.3) is 0 Å². The van der Waals surface area contributed by atoms with Gasteiger partial charge in [-0.25, -0.2) is 0 Å². The van der Waals surface area contributed by atoms with Gasteiger partial charge in [-0.3, -0.25) is 14.7 Å². The number of rotatable bonds is 3. The van der Waals surface area contributed by atoms with Crippen molar-refractivity contribution >= 4 is 44.5 Å². The van der Waals surface area contributed by atoms with Crippen LogP contribution in [0.3, 0.4) is 0 Å². The standard InChI is InChI=1S/C19H26BrN3OS/c1-13-11-16(9-10-17(13)20)23(14(2)24)18-12-25-19(22(18)3)21-15-7-5-4-6-8-15/h9-11,15,18H,4-8,12H2,1-3H3. The van der Waals surface area contributed by atoms with Crippen molar-refractivity contribution in [2.45, 2.75) is 58.2 Å². The number of hydrogen-bond acceptors (Lipinski definition) is 3. The van der Waals surface area contributed by atoms with E-state index < -0.39 is 0 Å². The predicted molar refractivity (Wildman–Crippen MR) is 110 cm³/mol. The Balaban J connectivity index is 1.81. The molecule has 0 N–H and O–H groups in total. The molecule has 2 fully saturated rings. The third kappa shape index (κ3) is 4.22. The number of nitrogens with zero attached hydrogens (tertiary/aromatic N) is 3. The molecule has 1 atom stereocenters. The van der Waals surface area contributed by atoms with Crippen LogP contribution < -0.4 is 4.90 Å². The topological polar surface area (TPSA) is 35.9 Å². The van der Waals surface area contributed by atoms with Crippen molar-refractivity contribution < 1.29 is 4.79 Å². The molecule has 136 valence electrons. The second-order valence-corrected chi connectivity index (χ2v) is 8.77. The van der Waals surface area contributed by atoms with Crippen molar-refractivity contribution in [2.24, 2.45) is 4.99 Å². The zero-order valence-corrected chi connectivity index (χ0v) is 17.6. The normalized spacial score (nSPS) is 23.3. The number of thioether (sulfide) groups is 1. The summed E-state index contributed by atoms with van der Waals surface area (Å²) in [6.45, 7) is 3.70. The third-order valence-electron chi connectivity index (χ3n) is 5.03. The van der Waals surface area contributed by atoms with Gasteiger partial charge in [0.05, 0.1) is 6.04 Å². The first-order valence-corrected chi connectivity index (χ1v) is 10.7. The lowest BCUT2D eigenvalue weighted by atomic mass is 9.96. The van der Waals surface area contributed by atoms with Crippen molar-refractivity contribution in [3.63, 3.8) is 0 Å². The number of carbonyl (C=O) groups excluding carboxylic acids is 1. The number of anilines is 1. The maximum absolute atomic E-state index is 12.4. The number of amides is 1. The Morgan fingerprint density at radius 1 is 1.32 bits per heavy atom.